The quantitative estimate of drug-likeness (QED) is 0.463. The van der Waals surface area contributed by atoms with E-state index in [1.165, 1.54) is 32.1 Å². The molecule has 0 heterocycles. The summed E-state index contributed by atoms with van der Waals surface area (Å²) in [6, 6.07) is 5.34. The number of fused-ring (bicyclic) bond motifs is 2. The third-order valence-corrected chi connectivity index (χ3v) is 9.43. The van der Waals surface area contributed by atoms with Gasteiger partial charge in [-0.2, -0.15) is 0 Å². The van der Waals surface area contributed by atoms with Crippen LogP contribution < -0.4 is 5.32 Å². The minimum atomic E-state index is -0.355. The van der Waals surface area contributed by atoms with Gasteiger partial charge < -0.3 is 5.32 Å². The molecule has 4 atom stereocenters. The lowest BCUT2D eigenvalue weighted by Gasteiger charge is -2.56. The van der Waals surface area contributed by atoms with Gasteiger partial charge in [-0.3, -0.25) is 4.79 Å². The Hall–Kier alpha value is -0.990. The molecule has 0 spiro atoms. The zero-order valence-corrected chi connectivity index (χ0v) is 20.3. The van der Waals surface area contributed by atoms with E-state index in [0.717, 1.165) is 36.8 Å². The van der Waals surface area contributed by atoms with Crippen LogP contribution in [0, 0.1) is 28.6 Å². The maximum absolute atomic E-state index is 13.6. The highest BCUT2D eigenvalue weighted by molar-refractivity contribution is 6.42. The van der Waals surface area contributed by atoms with Gasteiger partial charge in [0.25, 0.3) is 0 Å². The molecule has 1 N–H and O–H groups in total. The van der Waals surface area contributed by atoms with E-state index in [2.05, 4.69) is 33.0 Å². The van der Waals surface area contributed by atoms with Gasteiger partial charge in [0.15, 0.2) is 0 Å². The van der Waals surface area contributed by atoms with Crippen molar-refractivity contribution in [2.24, 2.45) is 28.6 Å². The average molecular weight is 448 g/mol. The topological polar surface area (TPSA) is 29.1 Å². The minimum Gasteiger partial charge on any atom is -0.326 e. The lowest BCUT2D eigenvalue weighted by molar-refractivity contribution is -0.135. The molecule has 1 amide bonds. The lowest BCUT2D eigenvalue weighted by Crippen LogP contribution is -2.52. The monoisotopic (exact) mass is 447 g/mol. The van der Waals surface area contributed by atoms with Crippen LogP contribution in [0.1, 0.15) is 79.1 Å². The second-order valence-electron chi connectivity index (χ2n) is 10.7. The minimum absolute atomic E-state index is 0.136. The summed E-state index contributed by atoms with van der Waals surface area (Å²) in [5, 5.41) is 4.15. The highest BCUT2D eigenvalue weighted by Crippen LogP contribution is 2.62. The van der Waals surface area contributed by atoms with Gasteiger partial charge in [0.2, 0.25) is 5.91 Å². The summed E-state index contributed by atoms with van der Waals surface area (Å²) in [6.07, 6.45) is 9.42. The number of nitrogens with one attached hydrogen (secondary N) is 1. The van der Waals surface area contributed by atoms with E-state index < -0.39 is 0 Å². The molecule has 4 heteroatoms. The second kappa shape index (κ2) is 8.17. The molecule has 1 aromatic carbocycles. The number of allylic oxidation sites excluding steroid dienone is 2. The Balaban J connectivity index is 1.60. The fourth-order valence-electron chi connectivity index (χ4n) is 6.87. The summed E-state index contributed by atoms with van der Waals surface area (Å²) in [7, 11) is 0. The molecule has 0 saturated heterocycles. The third kappa shape index (κ3) is 3.73. The number of carbonyl (C=O) groups is 1. The van der Waals surface area contributed by atoms with Gasteiger partial charge in [0.1, 0.15) is 0 Å². The first kappa shape index (κ1) is 22.2. The summed E-state index contributed by atoms with van der Waals surface area (Å²) < 4.78 is 0. The number of hydrogen-bond donors (Lipinski definition) is 1. The summed E-state index contributed by atoms with van der Waals surface area (Å²) >= 11 is 12.2. The molecular weight excluding hydrogens is 413 g/mol. The molecule has 0 bridgehead atoms. The van der Waals surface area contributed by atoms with Crippen LogP contribution in [0.15, 0.2) is 29.3 Å². The van der Waals surface area contributed by atoms with Crippen LogP contribution in [0.2, 0.25) is 10.0 Å². The molecule has 0 radical (unpaired) electrons. The molecule has 0 aromatic heterocycles. The molecule has 3 unspecified atom stereocenters. The Bertz CT molecular complexity index is 876. The average Bonchev–Trinajstić information content (AvgIpc) is 2.70. The molecule has 3 aliphatic carbocycles. The van der Waals surface area contributed by atoms with Crippen LogP contribution >= 0.6 is 23.2 Å². The Kier molecular flexibility index (Phi) is 6.05. The molecule has 1 saturated carbocycles. The molecule has 4 rings (SSSR count). The number of carbonyl (C=O) groups excluding carboxylic acids is 1. The fraction of sp³-hybridized carbons (Fsp3) is 0.654. The fourth-order valence-corrected chi connectivity index (χ4v) is 7.17. The summed E-state index contributed by atoms with van der Waals surface area (Å²) in [6.45, 7) is 9.40. The van der Waals surface area contributed by atoms with Crippen molar-refractivity contribution in [3.8, 4) is 0 Å². The van der Waals surface area contributed by atoms with Gasteiger partial charge in [-0.1, -0.05) is 68.5 Å². The standard InChI is InChI=1S/C26H35Cl2NO/c1-16(2)17-6-9-20-18(14-17)7-11-23-25(20,3)12-5-13-26(23,4)24(30)29-19-8-10-21(27)22(28)15-19/h8,10,15-17,23H,5-7,9,11-14H2,1-4H3,(H,29,30)/t17?,23?,25?,26-/m1/s1. The first-order valence-corrected chi connectivity index (χ1v) is 12.4. The normalized spacial score (nSPS) is 33.8. The van der Waals surface area contributed by atoms with E-state index in [0.29, 0.717) is 16.0 Å². The number of anilines is 1. The molecule has 3 aliphatic rings. The molecule has 2 nitrogen and oxygen atoms in total. The maximum atomic E-state index is 13.6. The van der Waals surface area contributed by atoms with Gasteiger partial charge >= 0.3 is 0 Å². The van der Waals surface area contributed by atoms with Crippen molar-refractivity contribution in [1.82, 2.24) is 0 Å². The predicted molar refractivity (Wildman–Crippen MR) is 127 cm³/mol. The maximum Gasteiger partial charge on any atom is 0.230 e. The van der Waals surface area contributed by atoms with Crippen molar-refractivity contribution in [1.29, 1.82) is 0 Å². The lowest BCUT2D eigenvalue weighted by atomic mass is 9.48. The van der Waals surface area contributed by atoms with Crippen molar-refractivity contribution in [3.63, 3.8) is 0 Å². The molecular formula is C26H35Cl2NO. The summed E-state index contributed by atoms with van der Waals surface area (Å²) in [5.41, 5.74) is 3.98. The van der Waals surface area contributed by atoms with Gasteiger partial charge in [-0.15, -0.1) is 0 Å². The SMILES string of the molecule is CC(C)C1CCC2=C(CCC3C2(C)CCC[C@@]3(C)C(=O)Nc2ccc(Cl)c(Cl)c2)C1. The smallest absolute Gasteiger partial charge is 0.230 e. The second-order valence-corrected chi connectivity index (χ2v) is 11.5. The Labute approximate surface area is 191 Å². The number of amides is 1. The summed E-state index contributed by atoms with van der Waals surface area (Å²) in [5.74, 6) is 2.13. The van der Waals surface area contributed by atoms with Crippen LogP contribution in [-0.4, -0.2) is 5.91 Å². The van der Waals surface area contributed by atoms with Crippen molar-refractivity contribution in [2.45, 2.75) is 79.1 Å². The van der Waals surface area contributed by atoms with Crippen molar-refractivity contribution >= 4 is 34.8 Å². The van der Waals surface area contributed by atoms with Crippen LogP contribution in [-0.2, 0) is 4.79 Å². The van der Waals surface area contributed by atoms with E-state index in [4.69, 9.17) is 23.2 Å². The molecule has 30 heavy (non-hydrogen) atoms. The third-order valence-electron chi connectivity index (χ3n) is 8.69. The summed E-state index contributed by atoms with van der Waals surface area (Å²) in [4.78, 5) is 13.6. The number of benzene rings is 1. The number of hydrogen-bond acceptors (Lipinski definition) is 1. The highest BCUT2D eigenvalue weighted by atomic mass is 35.5. The van der Waals surface area contributed by atoms with Crippen molar-refractivity contribution < 1.29 is 4.79 Å². The Morgan fingerprint density at radius 3 is 2.57 bits per heavy atom. The van der Waals surface area contributed by atoms with Crippen LogP contribution in [0.3, 0.4) is 0 Å². The van der Waals surface area contributed by atoms with Crippen LogP contribution in [0.4, 0.5) is 5.69 Å². The van der Waals surface area contributed by atoms with E-state index in [1.807, 2.05) is 6.07 Å². The highest BCUT2D eigenvalue weighted by Gasteiger charge is 2.55. The molecule has 1 fully saturated rings. The Morgan fingerprint density at radius 2 is 1.87 bits per heavy atom. The predicted octanol–water partition coefficient (Wildman–Crippen LogP) is 8.29. The van der Waals surface area contributed by atoms with Crippen LogP contribution in [0.5, 0.6) is 0 Å². The first-order valence-electron chi connectivity index (χ1n) is 11.6. The van der Waals surface area contributed by atoms with E-state index in [-0.39, 0.29) is 16.7 Å². The van der Waals surface area contributed by atoms with E-state index in [1.54, 1.807) is 23.3 Å². The molecule has 164 valence electrons. The number of halogens is 2. The zero-order chi connectivity index (χ0) is 21.7. The largest absolute Gasteiger partial charge is 0.326 e. The van der Waals surface area contributed by atoms with Crippen LogP contribution in [0.25, 0.3) is 0 Å². The van der Waals surface area contributed by atoms with Gasteiger partial charge in [-0.25, -0.2) is 0 Å². The van der Waals surface area contributed by atoms with Crippen molar-refractivity contribution in [3.05, 3.63) is 39.4 Å². The van der Waals surface area contributed by atoms with Gasteiger partial charge in [0.05, 0.1) is 15.5 Å². The Morgan fingerprint density at radius 1 is 1.10 bits per heavy atom. The van der Waals surface area contributed by atoms with E-state index in [9.17, 15) is 4.79 Å². The van der Waals surface area contributed by atoms with Gasteiger partial charge in [0, 0.05) is 5.69 Å². The zero-order valence-electron chi connectivity index (χ0n) is 18.8. The first-order chi connectivity index (χ1) is 14.1. The number of rotatable bonds is 3. The van der Waals surface area contributed by atoms with Crippen molar-refractivity contribution in [2.75, 3.05) is 5.32 Å². The van der Waals surface area contributed by atoms with Gasteiger partial charge in [-0.05, 0) is 86.3 Å². The molecule has 0 aliphatic heterocycles. The van der Waals surface area contributed by atoms with E-state index >= 15 is 0 Å². The molecule has 1 aromatic rings.